The van der Waals surface area contributed by atoms with Crippen molar-refractivity contribution in [2.45, 2.75) is 33.1 Å². The molecule has 20 heavy (non-hydrogen) atoms. The minimum Gasteiger partial charge on any atom is -0.370 e. The summed E-state index contributed by atoms with van der Waals surface area (Å²) in [5, 5.41) is 6.80. The fourth-order valence-corrected chi connectivity index (χ4v) is 2.69. The predicted octanol–water partition coefficient (Wildman–Crippen LogP) is 2.36. The van der Waals surface area contributed by atoms with Gasteiger partial charge >= 0.3 is 0 Å². The maximum atomic E-state index is 4.47. The Labute approximate surface area is 122 Å². The topological polar surface area (TPSA) is 53.1 Å². The lowest BCUT2D eigenvalue weighted by Crippen LogP contribution is -2.35. The van der Waals surface area contributed by atoms with Crippen LogP contribution >= 0.6 is 0 Å². The summed E-state index contributed by atoms with van der Waals surface area (Å²) in [7, 11) is 2.20. The van der Waals surface area contributed by atoms with Crippen LogP contribution in [0.3, 0.4) is 0 Å². The van der Waals surface area contributed by atoms with Crippen LogP contribution in [0.1, 0.15) is 32.0 Å². The van der Waals surface area contributed by atoms with Gasteiger partial charge in [-0.05, 0) is 45.7 Å². The smallest absolute Gasteiger partial charge is 0.131 e. The summed E-state index contributed by atoms with van der Waals surface area (Å²) in [6.45, 7) is 8.44. The number of hydrogen-bond acceptors (Lipinski definition) is 5. The van der Waals surface area contributed by atoms with Crippen LogP contribution in [0.4, 0.5) is 11.6 Å². The fourth-order valence-electron chi connectivity index (χ4n) is 2.69. The summed E-state index contributed by atoms with van der Waals surface area (Å²) in [6.07, 6.45) is 3.71. The lowest BCUT2D eigenvalue weighted by Gasteiger charge is -2.29. The molecule has 1 aromatic heterocycles. The molecule has 0 aromatic carbocycles. The highest BCUT2D eigenvalue weighted by Gasteiger charge is 2.16. The number of hydrogen-bond donors (Lipinski definition) is 2. The first-order valence-corrected chi connectivity index (χ1v) is 7.69. The van der Waals surface area contributed by atoms with Crippen molar-refractivity contribution >= 4 is 11.6 Å². The van der Waals surface area contributed by atoms with E-state index in [1.54, 1.807) is 0 Å². The van der Waals surface area contributed by atoms with Crippen molar-refractivity contribution < 1.29 is 0 Å². The van der Waals surface area contributed by atoms with Gasteiger partial charge in [-0.25, -0.2) is 9.97 Å². The van der Waals surface area contributed by atoms with Crippen molar-refractivity contribution in [2.24, 2.45) is 5.92 Å². The largest absolute Gasteiger partial charge is 0.370 e. The summed E-state index contributed by atoms with van der Waals surface area (Å²) >= 11 is 0. The highest BCUT2D eigenvalue weighted by Crippen LogP contribution is 2.17. The van der Waals surface area contributed by atoms with E-state index in [4.69, 9.17) is 0 Å². The first-order chi connectivity index (χ1) is 9.67. The first kappa shape index (κ1) is 15.0. The Bertz CT molecular complexity index is 421. The van der Waals surface area contributed by atoms with Gasteiger partial charge in [0, 0.05) is 25.7 Å². The van der Waals surface area contributed by atoms with Crippen LogP contribution in [0, 0.1) is 12.8 Å². The molecule has 0 amide bonds. The number of nitrogens with one attached hydrogen (secondary N) is 2. The molecule has 1 unspecified atom stereocenters. The second-order valence-corrected chi connectivity index (χ2v) is 5.76. The molecule has 112 valence electrons. The van der Waals surface area contributed by atoms with E-state index >= 15 is 0 Å². The summed E-state index contributed by atoms with van der Waals surface area (Å²) in [6, 6.07) is 2.01. The minimum atomic E-state index is 0.719. The molecule has 0 radical (unpaired) electrons. The minimum absolute atomic E-state index is 0.719. The average molecular weight is 277 g/mol. The third-order valence-electron chi connectivity index (χ3n) is 3.69. The zero-order valence-corrected chi connectivity index (χ0v) is 12.9. The summed E-state index contributed by atoms with van der Waals surface area (Å²) in [5.41, 5.74) is 0. The van der Waals surface area contributed by atoms with Crippen LogP contribution in [0.2, 0.25) is 0 Å². The van der Waals surface area contributed by atoms with Crippen LogP contribution in [0.15, 0.2) is 6.07 Å². The molecule has 1 aromatic rings. The van der Waals surface area contributed by atoms with E-state index in [1.807, 2.05) is 13.0 Å². The quantitative estimate of drug-likeness (QED) is 0.836. The lowest BCUT2D eigenvalue weighted by molar-refractivity contribution is 0.217. The maximum absolute atomic E-state index is 4.47. The van der Waals surface area contributed by atoms with Gasteiger partial charge in [-0.3, -0.25) is 0 Å². The molecule has 1 atom stereocenters. The van der Waals surface area contributed by atoms with Crippen LogP contribution in [0.25, 0.3) is 0 Å². The van der Waals surface area contributed by atoms with Crippen molar-refractivity contribution in [2.75, 3.05) is 43.9 Å². The van der Waals surface area contributed by atoms with E-state index < -0.39 is 0 Å². The molecule has 2 heterocycles. The predicted molar refractivity (Wildman–Crippen MR) is 84.3 cm³/mol. The molecule has 1 saturated heterocycles. The lowest BCUT2D eigenvalue weighted by atomic mass is 9.98. The maximum Gasteiger partial charge on any atom is 0.131 e. The Morgan fingerprint density at radius 2 is 2.05 bits per heavy atom. The number of aryl methyl sites for hydroxylation is 1. The van der Waals surface area contributed by atoms with Crippen LogP contribution in [0.5, 0.6) is 0 Å². The summed E-state index contributed by atoms with van der Waals surface area (Å²) < 4.78 is 0. The Hall–Kier alpha value is -1.36. The standard InChI is InChI=1S/C15H27N5/c1-4-7-16-14-9-15(19-12(2)18-14)17-10-13-6-5-8-20(3)11-13/h9,13H,4-8,10-11H2,1-3H3,(H2,16,17,18,19). The monoisotopic (exact) mass is 277 g/mol. The van der Waals surface area contributed by atoms with E-state index in [9.17, 15) is 0 Å². The van der Waals surface area contributed by atoms with Crippen molar-refractivity contribution in [3.63, 3.8) is 0 Å². The number of anilines is 2. The Balaban J connectivity index is 1.89. The fraction of sp³-hybridized carbons (Fsp3) is 0.733. The molecular formula is C15H27N5. The van der Waals surface area contributed by atoms with Crippen LogP contribution in [-0.4, -0.2) is 48.1 Å². The molecule has 1 fully saturated rings. The van der Waals surface area contributed by atoms with E-state index in [0.717, 1.165) is 42.9 Å². The molecule has 0 aliphatic carbocycles. The van der Waals surface area contributed by atoms with Gasteiger partial charge in [0.2, 0.25) is 0 Å². The van der Waals surface area contributed by atoms with Gasteiger partial charge in [-0.15, -0.1) is 0 Å². The molecule has 2 N–H and O–H groups in total. The molecule has 0 spiro atoms. The third kappa shape index (κ3) is 4.63. The molecular weight excluding hydrogens is 250 g/mol. The Morgan fingerprint density at radius 1 is 1.30 bits per heavy atom. The van der Waals surface area contributed by atoms with Gasteiger partial charge in [0.1, 0.15) is 17.5 Å². The third-order valence-corrected chi connectivity index (χ3v) is 3.69. The van der Waals surface area contributed by atoms with Gasteiger partial charge in [0.05, 0.1) is 0 Å². The molecule has 5 nitrogen and oxygen atoms in total. The number of rotatable bonds is 6. The van der Waals surface area contributed by atoms with Crippen LogP contribution < -0.4 is 10.6 Å². The Kier molecular flexibility index (Phi) is 5.59. The van der Waals surface area contributed by atoms with Gasteiger partial charge in [-0.2, -0.15) is 0 Å². The van der Waals surface area contributed by atoms with Gasteiger partial charge in [0.15, 0.2) is 0 Å². The van der Waals surface area contributed by atoms with Gasteiger partial charge in [-0.1, -0.05) is 6.92 Å². The van der Waals surface area contributed by atoms with E-state index in [0.29, 0.717) is 0 Å². The molecule has 0 bridgehead atoms. The SMILES string of the molecule is CCCNc1cc(NCC2CCCN(C)C2)nc(C)n1. The second kappa shape index (κ2) is 7.43. The molecule has 1 aliphatic heterocycles. The Morgan fingerprint density at radius 3 is 2.75 bits per heavy atom. The zero-order chi connectivity index (χ0) is 14.4. The zero-order valence-electron chi connectivity index (χ0n) is 12.9. The second-order valence-electron chi connectivity index (χ2n) is 5.76. The van der Waals surface area contributed by atoms with Crippen molar-refractivity contribution in [1.29, 1.82) is 0 Å². The van der Waals surface area contributed by atoms with Gasteiger partial charge < -0.3 is 15.5 Å². The molecule has 5 heteroatoms. The molecule has 2 rings (SSSR count). The average Bonchev–Trinajstić information content (AvgIpc) is 2.42. The number of nitrogens with zero attached hydrogens (tertiary/aromatic N) is 3. The first-order valence-electron chi connectivity index (χ1n) is 7.69. The highest BCUT2D eigenvalue weighted by molar-refractivity contribution is 5.47. The number of likely N-dealkylation sites (tertiary alicyclic amines) is 1. The van der Waals surface area contributed by atoms with E-state index in [-0.39, 0.29) is 0 Å². The van der Waals surface area contributed by atoms with Crippen LogP contribution in [-0.2, 0) is 0 Å². The van der Waals surface area contributed by atoms with Crippen molar-refractivity contribution in [1.82, 2.24) is 14.9 Å². The normalized spacial score (nSPS) is 19.9. The summed E-state index contributed by atoms with van der Waals surface area (Å²) in [5.74, 6) is 3.39. The van der Waals surface area contributed by atoms with Crippen molar-refractivity contribution in [3.8, 4) is 0 Å². The highest BCUT2D eigenvalue weighted by atomic mass is 15.1. The number of piperidine rings is 1. The number of aromatic nitrogens is 2. The molecule has 1 aliphatic rings. The van der Waals surface area contributed by atoms with E-state index in [2.05, 4.69) is 39.5 Å². The van der Waals surface area contributed by atoms with E-state index in [1.165, 1.54) is 25.9 Å². The van der Waals surface area contributed by atoms with Gasteiger partial charge in [0.25, 0.3) is 0 Å². The van der Waals surface area contributed by atoms with Crippen molar-refractivity contribution in [3.05, 3.63) is 11.9 Å². The molecule has 0 saturated carbocycles. The summed E-state index contributed by atoms with van der Waals surface area (Å²) in [4.78, 5) is 11.3.